The number of hydrogen-bond donors (Lipinski definition) is 0. The summed E-state index contributed by atoms with van der Waals surface area (Å²) in [6.45, 7) is 6.33. The van der Waals surface area contributed by atoms with Crippen molar-refractivity contribution in [3.63, 3.8) is 0 Å². The molecule has 2 aromatic rings. The first-order chi connectivity index (χ1) is 14.4. The van der Waals surface area contributed by atoms with Crippen LogP contribution in [0.25, 0.3) is 0 Å². The van der Waals surface area contributed by atoms with Crippen molar-refractivity contribution in [1.29, 1.82) is 0 Å². The Bertz CT molecular complexity index is 1150. The molecule has 31 heavy (non-hydrogen) atoms. The Labute approximate surface area is 177 Å². The Morgan fingerprint density at radius 2 is 1.77 bits per heavy atom. The summed E-state index contributed by atoms with van der Waals surface area (Å²) < 4.78 is 5.07. The fourth-order valence-electron chi connectivity index (χ4n) is 3.05. The van der Waals surface area contributed by atoms with Gasteiger partial charge in [-0.05, 0) is 30.7 Å². The van der Waals surface area contributed by atoms with Crippen molar-refractivity contribution >= 4 is 34.9 Å². The zero-order valence-corrected chi connectivity index (χ0v) is 17.4. The van der Waals surface area contributed by atoms with Gasteiger partial charge in [-0.3, -0.25) is 24.5 Å². The maximum atomic E-state index is 12.9. The largest absolute Gasteiger partial charge is 0.454 e. The van der Waals surface area contributed by atoms with Gasteiger partial charge < -0.3 is 4.74 Å². The molecule has 0 atom stereocenters. The maximum Gasteiger partial charge on any atom is 0.338 e. The third-order valence-corrected chi connectivity index (χ3v) is 4.95. The Morgan fingerprint density at radius 3 is 2.39 bits per heavy atom. The molecule has 0 unspecified atom stereocenters. The number of anilines is 1. The number of nitro benzene ring substituents is 1. The van der Waals surface area contributed by atoms with E-state index >= 15 is 0 Å². The van der Waals surface area contributed by atoms with E-state index in [0.29, 0.717) is 5.56 Å². The molecular weight excluding hydrogens is 404 g/mol. The lowest BCUT2D eigenvalue weighted by Gasteiger charge is -2.18. The van der Waals surface area contributed by atoms with Crippen LogP contribution in [0.1, 0.15) is 57.4 Å². The molecular formula is C22H20N2O7. The number of Topliss-reactive ketones (excluding diaryl/α,β-unsaturated/α-hetero) is 1. The predicted octanol–water partition coefficient (Wildman–Crippen LogP) is 3.48. The van der Waals surface area contributed by atoms with Crippen LogP contribution in [0.4, 0.5) is 11.4 Å². The molecule has 0 N–H and O–H groups in total. The van der Waals surface area contributed by atoms with E-state index in [2.05, 4.69) is 0 Å². The lowest BCUT2D eigenvalue weighted by atomic mass is 9.91. The number of esters is 1. The van der Waals surface area contributed by atoms with Crippen molar-refractivity contribution in [1.82, 2.24) is 0 Å². The van der Waals surface area contributed by atoms with E-state index in [1.165, 1.54) is 30.3 Å². The number of nitro groups is 1. The molecule has 1 aliphatic rings. The highest BCUT2D eigenvalue weighted by molar-refractivity contribution is 6.36. The van der Waals surface area contributed by atoms with E-state index in [4.69, 9.17) is 4.74 Å². The number of imide groups is 1. The van der Waals surface area contributed by atoms with Gasteiger partial charge in [-0.25, -0.2) is 9.69 Å². The molecule has 9 nitrogen and oxygen atoms in total. The highest BCUT2D eigenvalue weighted by Crippen LogP contribution is 2.35. The molecule has 0 aliphatic carbocycles. The van der Waals surface area contributed by atoms with E-state index < -0.39 is 40.4 Å². The van der Waals surface area contributed by atoms with Crippen LogP contribution in [0, 0.1) is 22.5 Å². The van der Waals surface area contributed by atoms with E-state index in [0.717, 1.165) is 11.0 Å². The Balaban J connectivity index is 1.94. The van der Waals surface area contributed by atoms with Crippen LogP contribution in [0.5, 0.6) is 0 Å². The summed E-state index contributed by atoms with van der Waals surface area (Å²) in [7, 11) is 0. The van der Waals surface area contributed by atoms with E-state index in [1.807, 2.05) is 0 Å². The maximum absolute atomic E-state index is 12.9. The van der Waals surface area contributed by atoms with Crippen LogP contribution in [0.15, 0.2) is 36.4 Å². The fraction of sp³-hybridized carbons (Fsp3) is 0.273. The molecule has 0 saturated heterocycles. The van der Waals surface area contributed by atoms with E-state index in [-0.39, 0.29) is 28.2 Å². The van der Waals surface area contributed by atoms with Gasteiger partial charge in [-0.15, -0.1) is 0 Å². The van der Waals surface area contributed by atoms with Crippen LogP contribution in [-0.2, 0) is 9.53 Å². The second-order valence-corrected chi connectivity index (χ2v) is 8.15. The summed E-state index contributed by atoms with van der Waals surface area (Å²) in [5, 5.41) is 11.3. The van der Waals surface area contributed by atoms with Crippen LogP contribution in [0.3, 0.4) is 0 Å². The smallest absolute Gasteiger partial charge is 0.338 e. The number of ketones is 1. The molecule has 2 aromatic carbocycles. The SMILES string of the molecule is Cc1ccc(C(=O)OCC(=O)C(C)(C)C)cc1N1C(=O)c2cccc([N+](=O)[O-])c2C1=O. The number of carbonyl (C=O) groups excluding carboxylic acids is 4. The zero-order valence-electron chi connectivity index (χ0n) is 17.4. The predicted molar refractivity (Wildman–Crippen MR) is 110 cm³/mol. The first kappa shape index (κ1) is 21.8. The summed E-state index contributed by atoms with van der Waals surface area (Å²) in [5.41, 5.74) is -0.867. The lowest BCUT2D eigenvalue weighted by molar-refractivity contribution is -0.385. The summed E-state index contributed by atoms with van der Waals surface area (Å²) >= 11 is 0. The number of aryl methyl sites for hydroxylation is 1. The third kappa shape index (κ3) is 3.94. The molecule has 0 fully saturated rings. The zero-order chi connectivity index (χ0) is 23.1. The van der Waals surface area contributed by atoms with Crippen molar-refractivity contribution < 1.29 is 28.8 Å². The standard InChI is InChI=1S/C22H20N2O7/c1-12-8-9-13(21(28)31-11-17(25)22(2,3)4)10-16(12)23-19(26)14-6-5-7-15(24(29)30)18(14)20(23)27/h5-10H,11H2,1-4H3. The van der Waals surface area contributed by atoms with Gasteiger partial charge in [0.1, 0.15) is 5.56 Å². The van der Waals surface area contributed by atoms with Crippen molar-refractivity contribution in [2.24, 2.45) is 5.41 Å². The molecule has 0 aromatic heterocycles. The summed E-state index contributed by atoms with van der Waals surface area (Å²) in [6, 6.07) is 8.10. The molecule has 0 radical (unpaired) electrons. The first-order valence-corrected chi connectivity index (χ1v) is 9.40. The quantitative estimate of drug-likeness (QED) is 0.311. The molecule has 0 bridgehead atoms. The number of hydrogen-bond acceptors (Lipinski definition) is 7. The van der Waals surface area contributed by atoms with Crippen LogP contribution in [-0.4, -0.2) is 35.1 Å². The van der Waals surface area contributed by atoms with Gasteiger partial charge in [0.05, 0.1) is 21.7 Å². The highest BCUT2D eigenvalue weighted by Gasteiger charge is 2.42. The molecule has 1 aliphatic heterocycles. The van der Waals surface area contributed by atoms with Gasteiger partial charge in [0.2, 0.25) is 0 Å². The second-order valence-electron chi connectivity index (χ2n) is 8.15. The van der Waals surface area contributed by atoms with Crippen LogP contribution >= 0.6 is 0 Å². The number of benzene rings is 2. The van der Waals surface area contributed by atoms with Crippen LogP contribution in [0.2, 0.25) is 0 Å². The van der Waals surface area contributed by atoms with E-state index in [9.17, 15) is 29.3 Å². The molecule has 0 saturated carbocycles. The van der Waals surface area contributed by atoms with Gasteiger partial charge in [-0.2, -0.15) is 0 Å². The number of nitrogens with zero attached hydrogens (tertiary/aromatic N) is 2. The number of amides is 2. The fourth-order valence-corrected chi connectivity index (χ4v) is 3.05. The average Bonchev–Trinajstić information content (AvgIpc) is 2.96. The minimum atomic E-state index is -0.844. The van der Waals surface area contributed by atoms with Gasteiger partial charge in [0, 0.05) is 11.5 Å². The molecule has 3 rings (SSSR count). The Hall–Kier alpha value is -3.88. The third-order valence-electron chi connectivity index (χ3n) is 4.95. The van der Waals surface area contributed by atoms with Crippen molar-refractivity contribution in [2.75, 3.05) is 11.5 Å². The minimum Gasteiger partial charge on any atom is -0.454 e. The topological polar surface area (TPSA) is 124 Å². The number of ether oxygens (including phenoxy) is 1. The van der Waals surface area contributed by atoms with Gasteiger partial charge in [0.25, 0.3) is 17.5 Å². The molecule has 9 heteroatoms. The summed E-state index contributed by atoms with van der Waals surface area (Å²) in [6.07, 6.45) is 0. The summed E-state index contributed by atoms with van der Waals surface area (Å²) in [4.78, 5) is 61.6. The second kappa shape index (κ2) is 7.75. The Morgan fingerprint density at radius 1 is 1.10 bits per heavy atom. The molecule has 0 spiro atoms. The van der Waals surface area contributed by atoms with Crippen molar-refractivity contribution in [2.45, 2.75) is 27.7 Å². The number of rotatable bonds is 5. The average molecular weight is 424 g/mol. The Kier molecular flexibility index (Phi) is 5.45. The number of carbonyl (C=O) groups is 4. The van der Waals surface area contributed by atoms with E-state index in [1.54, 1.807) is 27.7 Å². The number of fused-ring (bicyclic) bond motifs is 1. The molecule has 160 valence electrons. The van der Waals surface area contributed by atoms with Crippen molar-refractivity contribution in [3.8, 4) is 0 Å². The summed E-state index contributed by atoms with van der Waals surface area (Å²) in [5.74, 6) is -2.62. The van der Waals surface area contributed by atoms with Gasteiger partial charge in [-0.1, -0.05) is 32.9 Å². The minimum absolute atomic E-state index is 0.0355. The highest BCUT2D eigenvalue weighted by atomic mass is 16.6. The van der Waals surface area contributed by atoms with Crippen LogP contribution < -0.4 is 4.90 Å². The monoisotopic (exact) mass is 424 g/mol. The normalized spacial score (nSPS) is 13.2. The van der Waals surface area contributed by atoms with Crippen molar-refractivity contribution in [3.05, 3.63) is 68.8 Å². The van der Waals surface area contributed by atoms with Gasteiger partial charge >= 0.3 is 5.97 Å². The molecule has 1 heterocycles. The van der Waals surface area contributed by atoms with Gasteiger partial charge in [0.15, 0.2) is 12.4 Å². The molecule has 2 amide bonds. The first-order valence-electron chi connectivity index (χ1n) is 9.40. The lowest BCUT2D eigenvalue weighted by Crippen LogP contribution is -2.30.